The highest BCUT2D eigenvalue weighted by atomic mass is 19.1. The molecule has 1 aromatic heterocycles. The zero-order valence-corrected chi connectivity index (χ0v) is 16.5. The molecule has 1 fully saturated rings. The third-order valence-corrected chi connectivity index (χ3v) is 6.43. The molecule has 0 bridgehead atoms. The number of halogens is 1. The fourth-order valence-electron chi connectivity index (χ4n) is 4.78. The van der Waals surface area contributed by atoms with E-state index in [2.05, 4.69) is 16.4 Å². The van der Waals surface area contributed by atoms with Gasteiger partial charge in [-0.05, 0) is 79.6 Å². The lowest BCUT2D eigenvalue weighted by atomic mass is 9.90. The predicted molar refractivity (Wildman–Crippen MR) is 112 cm³/mol. The van der Waals surface area contributed by atoms with Crippen LogP contribution in [0.25, 0.3) is 10.9 Å². The summed E-state index contributed by atoms with van der Waals surface area (Å²) in [4.78, 5) is 18.6. The number of carbonyl (C=O) groups is 1. The van der Waals surface area contributed by atoms with E-state index in [1.807, 2.05) is 29.2 Å². The lowest BCUT2D eigenvalue weighted by Crippen LogP contribution is -2.38. The van der Waals surface area contributed by atoms with Crippen LogP contribution in [-0.2, 0) is 19.4 Å². The van der Waals surface area contributed by atoms with Gasteiger partial charge < -0.3 is 15.2 Å². The van der Waals surface area contributed by atoms with Crippen molar-refractivity contribution in [2.45, 2.75) is 32.2 Å². The fourth-order valence-corrected chi connectivity index (χ4v) is 4.78. The Morgan fingerprint density at radius 3 is 2.69 bits per heavy atom. The third-order valence-electron chi connectivity index (χ3n) is 6.43. The number of likely N-dealkylation sites (tertiary alicyclic amines) is 1. The van der Waals surface area contributed by atoms with E-state index in [1.165, 1.54) is 34.3 Å². The molecule has 2 aliphatic heterocycles. The van der Waals surface area contributed by atoms with Crippen molar-refractivity contribution in [1.82, 2.24) is 15.2 Å². The zero-order chi connectivity index (χ0) is 19.8. The molecule has 5 heteroatoms. The van der Waals surface area contributed by atoms with Crippen LogP contribution in [0.3, 0.4) is 0 Å². The Labute approximate surface area is 170 Å². The number of carbonyl (C=O) groups excluding carboxylic acids is 1. The first-order chi connectivity index (χ1) is 14.2. The van der Waals surface area contributed by atoms with Crippen LogP contribution in [0.4, 0.5) is 4.39 Å². The van der Waals surface area contributed by atoms with Crippen molar-refractivity contribution in [1.29, 1.82) is 0 Å². The number of hydrogen-bond acceptors (Lipinski definition) is 2. The highest BCUT2D eigenvalue weighted by Crippen LogP contribution is 2.28. The van der Waals surface area contributed by atoms with Crippen LogP contribution in [0.2, 0.25) is 0 Å². The molecule has 2 aliphatic rings. The summed E-state index contributed by atoms with van der Waals surface area (Å²) >= 11 is 0. The first kappa shape index (κ1) is 18.4. The van der Waals surface area contributed by atoms with Crippen LogP contribution in [0, 0.1) is 11.7 Å². The quantitative estimate of drug-likeness (QED) is 0.708. The molecule has 3 aromatic rings. The van der Waals surface area contributed by atoms with Gasteiger partial charge in [-0.25, -0.2) is 4.39 Å². The third kappa shape index (κ3) is 3.67. The summed E-state index contributed by atoms with van der Waals surface area (Å²) in [5.74, 6) is 0.498. The van der Waals surface area contributed by atoms with Gasteiger partial charge in [0, 0.05) is 41.8 Å². The largest absolute Gasteiger partial charge is 0.357 e. The van der Waals surface area contributed by atoms with Crippen molar-refractivity contribution in [3.05, 3.63) is 70.7 Å². The van der Waals surface area contributed by atoms with Gasteiger partial charge in [0.25, 0.3) is 5.91 Å². The summed E-state index contributed by atoms with van der Waals surface area (Å²) < 4.78 is 13.1. The van der Waals surface area contributed by atoms with E-state index < -0.39 is 0 Å². The number of aromatic amines is 1. The number of nitrogens with zero attached hydrogens (tertiary/aromatic N) is 1. The van der Waals surface area contributed by atoms with Gasteiger partial charge >= 0.3 is 0 Å². The monoisotopic (exact) mass is 391 g/mol. The molecule has 0 unspecified atom stereocenters. The van der Waals surface area contributed by atoms with Crippen LogP contribution in [-0.4, -0.2) is 35.4 Å². The molecule has 5 rings (SSSR count). The summed E-state index contributed by atoms with van der Waals surface area (Å²) in [5, 5.41) is 4.58. The number of piperidine rings is 1. The second kappa shape index (κ2) is 7.64. The maximum atomic E-state index is 13.1. The van der Waals surface area contributed by atoms with Crippen molar-refractivity contribution in [3.8, 4) is 0 Å². The minimum absolute atomic E-state index is 0.135. The molecule has 1 saturated heterocycles. The standard InChI is InChI=1S/C24H26FN3O/c25-19-4-1-16(2-5-19)13-17-8-11-28(12-9-17)24(29)18-3-6-22-21(14-18)20-7-10-26-15-23(20)27-22/h1-6,14,17,26-27H,7-13,15H2. The van der Waals surface area contributed by atoms with Crippen LogP contribution in [0.5, 0.6) is 0 Å². The van der Waals surface area contributed by atoms with Crippen molar-refractivity contribution >= 4 is 16.8 Å². The number of fused-ring (bicyclic) bond motifs is 3. The topological polar surface area (TPSA) is 48.1 Å². The van der Waals surface area contributed by atoms with Gasteiger partial charge in [0.1, 0.15) is 5.82 Å². The van der Waals surface area contributed by atoms with Gasteiger partial charge in [0.05, 0.1) is 0 Å². The molecule has 3 heterocycles. The molecule has 2 aromatic carbocycles. The Hall–Kier alpha value is -2.66. The summed E-state index contributed by atoms with van der Waals surface area (Å²) in [5.41, 5.74) is 5.68. The minimum Gasteiger partial charge on any atom is -0.357 e. The molecule has 1 amide bonds. The van der Waals surface area contributed by atoms with Gasteiger partial charge in [-0.2, -0.15) is 0 Å². The molecule has 0 saturated carbocycles. The number of aromatic nitrogens is 1. The van der Waals surface area contributed by atoms with Crippen molar-refractivity contribution in [3.63, 3.8) is 0 Å². The van der Waals surface area contributed by atoms with Gasteiger partial charge in [0.2, 0.25) is 0 Å². The number of amides is 1. The van der Waals surface area contributed by atoms with Crippen LogP contribution in [0.15, 0.2) is 42.5 Å². The zero-order valence-electron chi connectivity index (χ0n) is 16.5. The first-order valence-electron chi connectivity index (χ1n) is 10.6. The molecular formula is C24H26FN3O. The Balaban J connectivity index is 1.26. The normalized spacial score (nSPS) is 17.5. The SMILES string of the molecule is O=C(c1ccc2[nH]c3c(c2c1)CCNC3)N1CCC(Cc2ccc(F)cc2)CC1. The summed E-state index contributed by atoms with van der Waals surface area (Å²) in [6.45, 7) is 3.43. The van der Waals surface area contributed by atoms with Gasteiger partial charge in [0.15, 0.2) is 0 Å². The van der Waals surface area contributed by atoms with Crippen molar-refractivity contribution in [2.24, 2.45) is 5.92 Å². The maximum absolute atomic E-state index is 13.1. The Morgan fingerprint density at radius 1 is 1.10 bits per heavy atom. The van der Waals surface area contributed by atoms with Crippen molar-refractivity contribution in [2.75, 3.05) is 19.6 Å². The molecule has 2 N–H and O–H groups in total. The molecule has 4 nitrogen and oxygen atoms in total. The van der Waals surface area contributed by atoms with Crippen molar-refractivity contribution < 1.29 is 9.18 Å². The average Bonchev–Trinajstić information content (AvgIpc) is 3.13. The van der Waals surface area contributed by atoms with Gasteiger partial charge in [-0.3, -0.25) is 4.79 Å². The van der Waals surface area contributed by atoms with Gasteiger partial charge in [-0.1, -0.05) is 12.1 Å². The Morgan fingerprint density at radius 2 is 1.90 bits per heavy atom. The molecule has 0 aliphatic carbocycles. The fraction of sp³-hybridized carbons (Fsp3) is 0.375. The average molecular weight is 391 g/mol. The second-order valence-electron chi connectivity index (χ2n) is 8.34. The van der Waals surface area contributed by atoms with Crippen LogP contribution < -0.4 is 5.32 Å². The molecule has 150 valence electrons. The van der Waals surface area contributed by atoms with E-state index in [9.17, 15) is 9.18 Å². The van der Waals surface area contributed by atoms with E-state index in [0.29, 0.717) is 5.92 Å². The Kier molecular flexibility index (Phi) is 4.84. The lowest BCUT2D eigenvalue weighted by Gasteiger charge is -2.32. The highest BCUT2D eigenvalue weighted by molar-refractivity contribution is 5.99. The smallest absolute Gasteiger partial charge is 0.253 e. The second-order valence-corrected chi connectivity index (χ2v) is 8.34. The van der Waals surface area contributed by atoms with E-state index >= 15 is 0 Å². The Bertz CT molecular complexity index is 1030. The van der Waals surface area contributed by atoms with Gasteiger partial charge in [-0.15, -0.1) is 0 Å². The van der Waals surface area contributed by atoms with E-state index in [0.717, 1.165) is 62.9 Å². The number of hydrogen-bond donors (Lipinski definition) is 2. The van der Waals surface area contributed by atoms with Crippen LogP contribution in [0.1, 0.15) is 40.0 Å². The molecule has 0 radical (unpaired) electrons. The first-order valence-corrected chi connectivity index (χ1v) is 10.6. The van der Waals surface area contributed by atoms with E-state index in [4.69, 9.17) is 0 Å². The number of rotatable bonds is 3. The number of H-pyrrole nitrogens is 1. The molecule has 29 heavy (non-hydrogen) atoms. The minimum atomic E-state index is -0.189. The lowest BCUT2D eigenvalue weighted by molar-refractivity contribution is 0.0690. The number of benzene rings is 2. The van der Waals surface area contributed by atoms with Crippen LogP contribution >= 0.6 is 0 Å². The maximum Gasteiger partial charge on any atom is 0.253 e. The summed E-state index contributed by atoms with van der Waals surface area (Å²) in [7, 11) is 0. The predicted octanol–water partition coefficient (Wildman–Crippen LogP) is 4.05. The summed E-state index contributed by atoms with van der Waals surface area (Å²) in [6, 6.07) is 12.9. The summed E-state index contributed by atoms with van der Waals surface area (Å²) in [6.07, 6.45) is 3.95. The highest BCUT2D eigenvalue weighted by Gasteiger charge is 2.25. The number of nitrogens with one attached hydrogen (secondary N) is 2. The molecular weight excluding hydrogens is 365 g/mol. The van der Waals surface area contributed by atoms with E-state index in [-0.39, 0.29) is 11.7 Å². The molecule has 0 atom stereocenters. The molecule has 0 spiro atoms. The van der Waals surface area contributed by atoms with E-state index in [1.54, 1.807) is 0 Å².